The first-order chi connectivity index (χ1) is 8.59. The molecular formula is C13H21NO3S. The van der Waals surface area contributed by atoms with Crippen LogP contribution in [-0.4, -0.2) is 40.2 Å². The zero-order valence-electron chi connectivity index (χ0n) is 11.0. The smallest absolute Gasteiger partial charge is 0.151 e. The summed E-state index contributed by atoms with van der Waals surface area (Å²) in [5, 5.41) is 3.18. The maximum absolute atomic E-state index is 11.4. The number of hydrogen-bond acceptors (Lipinski definition) is 4. The Morgan fingerprint density at radius 1 is 1.28 bits per heavy atom. The van der Waals surface area contributed by atoms with Crippen LogP contribution >= 0.6 is 0 Å². The van der Waals surface area contributed by atoms with Gasteiger partial charge in [-0.25, -0.2) is 8.42 Å². The van der Waals surface area contributed by atoms with Gasteiger partial charge in [0, 0.05) is 25.1 Å². The molecule has 5 heteroatoms. The van der Waals surface area contributed by atoms with Crippen molar-refractivity contribution in [1.29, 1.82) is 0 Å². The number of methoxy groups -OCH3 is 1. The van der Waals surface area contributed by atoms with Gasteiger partial charge in [-0.1, -0.05) is 25.1 Å². The van der Waals surface area contributed by atoms with E-state index in [-0.39, 0.29) is 11.5 Å². The molecule has 0 fully saturated rings. The van der Waals surface area contributed by atoms with Crippen molar-refractivity contribution in [1.82, 2.24) is 0 Å². The first-order valence-corrected chi connectivity index (χ1v) is 7.92. The minimum Gasteiger partial charge on any atom is -0.384 e. The summed E-state index contributed by atoms with van der Waals surface area (Å²) in [6.07, 6.45) is 0.820. The van der Waals surface area contributed by atoms with Gasteiger partial charge in [-0.3, -0.25) is 0 Å². The van der Waals surface area contributed by atoms with Gasteiger partial charge in [-0.15, -0.1) is 0 Å². The third-order valence-corrected chi connectivity index (χ3v) is 4.47. The summed E-state index contributed by atoms with van der Waals surface area (Å²) in [5.41, 5.74) is 2.13. The van der Waals surface area contributed by atoms with Crippen molar-refractivity contribution in [2.24, 2.45) is 0 Å². The Bertz CT molecular complexity index is 457. The number of ether oxygens (including phenoxy) is 1. The van der Waals surface area contributed by atoms with Crippen molar-refractivity contribution in [3.8, 4) is 0 Å². The minimum absolute atomic E-state index is 0.169. The molecule has 18 heavy (non-hydrogen) atoms. The van der Waals surface area contributed by atoms with Gasteiger partial charge in [-0.2, -0.15) is 0 Å². The summed E-state index contributed by atoms with van der Waals surface area (Å²) in [7, 11) is -1.24. The molecule has 0 aliphatic carbocycles. The Balaban J connectivity index is 2.56. The highest BCUT2D eigenvalue weighted by Crippen LogP contribution is 2.15. The highest BCUT2D eigenvalue weighted by atomic mass is 32.2. The molecule has 0 aliphatic heterocycles. The van der Waals surface area contributed by atoms with Crippen molar-refractivity contribution in [3.63, 3.8) is 0 Å². The molecule has 4 nitrogen and oxygen atoms in total. The topological polar surface area (TPSA) is 55.4 Å². The molecule has 0 bridgehead atoms. The lowest BCUT2D eigenvalue weighted by Gasteiger charge is -2.11. The van der Waals surface area contributed by atoms with Gasteiger partial charge in [-0.05, 0) is 18.1 Å². The van der Waals surface area contributed by atoms with Crippen molar-refractivity contribution < 1.29 is 13.2 Å². The van der Waals surface area contributed by atoms with E-state index in [1.165, 1.54) is 0 Å². The van der Waals surface area contributed by atoms with E-state index in [0.29, 0.717) is 13.2 Å². The Hall–Kier alpha value is -1.07. The van der Waals surface area contributed by atoms with Gasteiger partial charge in [0.25, 0.3) is 0 Å². The average molecular weight is 271 g/mol. The van der Waals surface area contributed by atoms with Crippen LogP contribution < -0.4 is 5.32 Å². The Labute approximate surface area is 109 Å². The lowest BCUT2D eigenvalue weighted by molar-refractivity contribution is 0.202. The molecule has 102 valence electrons. The lowest BCUT2D eigenvalue weighted by atomic mass is 10.1. The monoisotopic (exact) mass is 271 g/mol. The summed E-state index contributed by atoms with van der Waals surface area (Å²) in [4.78, 5) is 0. The number of anilines is 1. The molecule has 0 atom stereocenters. The normalized spacial score (nSPS) is 11.4. The molecule has 0 amide bonds. The van der Waals surface area contributed by atoms with Crippen LogP contribution in [0.25, 0.3) is 0 Å². The summed E-state index contributed by atoms with van der Waals surface area (Å²) in [6.45, 7) is 2.77. The van der Waals surface area contributed by atoms with E-state index in [0.717, 1.165) is 17.7 Å². The van der Waals surface area contributed by atoms with Crippen molar-refractivity contribution in [2.45, 2.75) is 13.3 Å². The summed E-state index contributed by atoms with van der Waals surface area (Å²) >= 11 is 0. The zero-order chi connectivity index (χ0) is 13.4. The van der Waals surface area contributed by atoms with Gasteiger partial charge in [0.15, 0.2) is 9.84 Å². The number of para-hydroxylation sites is 1. The summed E-state index contributed by atoms with van der Waals surface area (Å²) in [5.74, 6) is 0.363. The maximum atomic E-state index is 11.4. The maximum Gasteiger partial charge on any atom is 0.151 e. The van der Waals surface area contributed by atoms with Gasteiger partial charge >= 0.3 is 0 Å². The van der Waals surface area contributed by atoms with Crippen molar-refractivity contribution in [2.75, 3.05) is 37.1 Å². The van der Waals surface area contributed by atoms with Gasteiger partial charge in [0.1, 0.15) is 0 Å². The third kappa shape index (κ3) is 5.06. The van der Waals surface area contributed by atoms with Gasteiger partial charge < -0.3 is 10.1 Å². The predicted octanol–water partition coefficient (Wildman–Crippen LogP) is 1.72. The van der Waals surface area contributed by atoms with Crippen LogP contribution in [0.4, 0.5) is 5.69 Å². The number of benzene rings is 1. The quantitative estimate of drug-likeness (QED) is 0.782. The number of nitrogens with one attached hydrogen (secondary N) is 1. The van der Waals surface area contributed by atoms with E-state index in [4.69, 9.17) is 4.74 Å². The van der Waals surface area contributed by atoms with Crippen LogP contribution in [0.1, 0.15) is 12.5 Å². The van der Waals surface area contributed by atoms with Gasteiger partial charge in [0.05, 0.1) is 12.4 Å². The van der Waals surface area contributed by atoms with Crippen LogP contribution in [0.3, 0.4) is 0 Å². The van der Waals surface area contributed by atoms with Crippen LogP contribution in [-0.2, 0) is 21.0 Å². The fourth-order valence-corrected chi connectivity index (χ4v) is 2.31. The average Bonchev–Trinajstić information content (AvgIpc) is 2.37. The fraction of sp³-hybridized carbons (Fsp3) is 0.538. The SMILES string of the molecule is CCS(=O)(=O)CCNc1ccccc1CCOC. The van der Waals surface area contributed by atoms with Crippen LogP contribution in [0.2, 0.25) is 0 Å². The Morgan fingerprint density at radius 3 is 2.67 bits per heavy atom. The first kappa shape index (κ1) is 15.0. The Morgan fingerprint density at radius 2 is 2.00 bits per heavy atom. The van der Waals surface area contributed by atoms with Crippen LogP contribution in [0, 0.1) is 0 Å². The summed E-state index contributed by atoms with van der Waals surface area (Å²) in [6, 6.07) is 7.89. The second-order valence-electron chi connectivity index (χ2n) is 4.06. The second kappa shape index (κ2) is 7.38. The molecule has 0 unspecified atom stereocenters. The molecule has 0 saturated heterocycles. The van der Waals surface area contributed by atoms with E-state index >= 15 is 0 Å². The second-order valence-corrected chi connectivity index (χ2v) is 6.54. The minimum atomic E-state index is -2.91. The molecule has 1 aromatic carbocycles. The summed E-state index contributed by atoms with van der Waals surface area (Å²) < 4.78 is 27.8. The molecule has 0 spiro atoms. The molecule has 0 aliphatic rings. The highest BCUT2D eigenvalue weighted by Gasteiger charge is 2.07. The molecule has 0 radical (unpaired) electrons. The largest absolute Gasteiger partial charge is 0.384 e. The van der Waals surface area contributed by atoms with Crippen molar-refractivity contribution >= 4 is 15.5 Å². The molecule has 1 aromatic rings. The predicted molar refractivity (Wildman–Crippen MR) is 74.8 cm³/mol. The van der Waals surface area contributed by atoms with Crippen LogP contribution in [0.15, 0.2) is 24.3 Å². The fourth-order valence-electron chi connectivity index (χ4n) is 1.61. The zero-order valence-corrected chi connectivity index (χ0v) is 11.8. The molecule has 1 rings (SSSR count). The molecule has 0 heterocycles. The first-order valence-electron chi connectivity index (χ1n) is 6.10. The van der Waals surface area contributed by atoms with E-state index in [1.807, 2.05) is 24.3 Å². The van der Waals surface area contributed by atoms with E-state index < -0.39 is 9.84 Å². The molecular weight excluding hydrogens is 250 g/mol. The number of hydrogen-bond donors (Lipinski definition) is 1. The third-order valence-electron chi connectivity index (χ3n) is 2.76. The Kier molecular flexibility index (Phi) is 6.15. The van der Waals surface area contributed by atoms with Crippen LogP contribution in [0.5, 0.6) is 0 Å². The number of sulfone groups is 1. The van der Waals surface area contributed by atoms with E-state index in [2.05, 4.69) is 5.32 Å². The van der Waals surface area contributed by atoms with E-state index in [9.17, 15) is 8.42 Å². The lowest BCUT2D eigenvalue weighted by Crippen LogP contribution is -2.17. The van der Waals surface area contributed by atoms with Crippen molar-refractivity contribution in [3.05, 3.63) is 29.8 Å². The molecule has 1 N–H and O–H groups in total. The molecule has 0 saturated carbocycles. The van der Waals surface area contributed by atoms with Gasteiger partial charge in [0.2, 0.25) is 0 Å². The molecule has 0 aromatic heterocycles. The van der Waals surface area contributed by atoms with E-state index in [1.54, 1.807) is 14.0 Å². The highest BCUT2D eigenvalue weighted by molar-refractivity contribution is 7.91. The standard InChI is InChI=1S/C13H21NO3S/c1-3-18(15,16)11-9-14-13-7-5-4-6-12(13)8-10-17-2/h4-7,14H,3,8-11H2,1-2H3. The number of rotatable bonds is 8.